The van der Waals surface area contributed by atoms with Gasteiger partial charge in [-0.2, -0.15) is 0 Å². The second-order valence-corrected chi connectivity index (χ2v) is 32.8. The first-order valence-corrected chi connectivity index (χ1v) is 46.3. The van der Waals surface area contributed by atoms with Crippen LogP contribution in [0.25, 0.3) is 0 Å². The average molecular weight is 1490 g/mol. The third-order valence-electron chi connectivity index (χ3n) is 19.6. The molecule has 0 aliphatic carbocycles. The zero-order chi connectivity index (χ0) is 74.6. The number of hydrogen-bond donors (Lipinski definition) is 3. The van der Waals surface area contributed by atoms with Crippen molar-refractivity contribution in [1.82, 2.24) is 0 Å². The molecule has 0 heterocycles. The van der Waals surface area contributed by atoms with Crippen LogP contribution in [-0.4, -0.2) is 96.7 Å². The number of carbonyl (C=O) groups excluding carboxylic acids is 4. The molecule has 0 saturated carbocycles. The van der Waals surface area contributed by atoms with Gasteiger partial charge < -0.3 is 33.8 Å². The fourth-order valence-electron chi connectivity index (χ4n) is 13.0. The van der Waals surface area contributed by atoms with E-state index in [2.05, 4.69) is 27.7 Å². The van der Waals surface area contributed by atoms with Crippen LogP contribution < -0.4 is 0 Å². The second-order valence-electron chi connectivity index (χ2n) is 29.9. The Bertz CT molecular complexity index is 1930. The number of phosphoric ester groups is 2. The number of rotatable bonds is 84. The molecule has 19 heteroatoms. The molecule has 5 atom stereocenters. The number of aliphatic hydroxyl groups is 1. The molecule has 0 aromatic rings. The minimum Gasteiger partial charge on any atom is -0.462 e. The van der Waals surface area contributed by atoms with Gasteiger partial charge in [0, 0.05) is 25.7 Å². The molecule has 0 rings (SSSR count). The molecular formula is C83H162O17P2. The number of unbranched alkanes of at least 4 members (excludes halogenated alkanes) is 58. The van der Waals surface area contributed by atoms with Crippen molar-refractivity contribution in [3.05, 3.63) is 0 Å². The van der Waals surface area contributed by atoms with Crippen LogP contribution in [0.5, 0.6) is 0 Å². The largest absolute Gasteiger partial charge is 0.472 e. The van der Waals surface area contributed by atoms with Gasteiger partial charge in [-0.25, -0.2) is 9.13 Å². The van der Waals surface area contributed by atoms with Gasteiger partial charge in [0.2, 0.25) is 0 Å². The smallest absolute Gasteiger partial charge is 0.462 e. The van der Waals surface area contributed by atoms with Gasteiger partial charge in [-0.1, -0.05) is 400 Å². The summed E-state index contributed by atoms with van der Waals surface area (Å²) in [5, 5.41) is 10.6. The fraction of sp³-hybridized carbons (Fsp3) is 0.952. The SMILES string of the molecule is CCCCCCCCCCCCCCCCCCCCCCCCC(=O)O[C@H](COC(=O)CCCCCCCCCCCCCCCCCC)COP(=O)(O)OC[C@@H](O)COP(=O)(O)OC[C@@H](COC(=O)CCCCCCCCCCCC)OC(=O)CCCCCCCCCCCCCCCC. The number of hydrogen-bond acceptors (Lipinski definition) is 15. The normalized spacial score (nSPS) is 13.8. The molecule has 0 spiro atoms. The van der Waals surface area contributed by atoms with Gasteiger partial charge in [0.25, 0.3) is 0 Å². The Hall–Kier alpha value is -1.94. The molecular weight excluding hydrogens is 1330 g/mol. The highest BCUT2D eigenvalue weighted by Crippen LogP contribution is 2.45. The van der Waals surface area contributed by atoms with Gasteiger partial charge >= 0.3 is 39.5 Å². The Morgan fingerprint density at radius 1 is 0.235 bits per heavy atom. The average Bonchev–Trinajstić information content (AvgIpc) is 0.914. The van der Waals surface area contributed by atoms with Crippen LogP contribution >= 0.6 is 15.6 Å². The van der Waals surface area contributed by atoms with Gasteiger partial charge in [-0.3, -0.25) is 37.3 Å². The maximum absolute atomic E-state index is 13.1. The highest BCUT2D eigenvalue weighted by molar-refractivity contribution is 7.47. The molecule has 0 aliphatic rings. The summed E-state index contributed by atoms with van der Waals surface area (Å²) in [4.78, 5) is 73.1. The first-order valence-electron chi connectivity index (χ1n) is 43.3. The molecule has 0 amide bonds. The van der Waals surface area contributed by atoms with Crippen LogP contribution in [-0.2, 0) is 65.4 Å². The molecule has 0 bridgehead atoms. The van der Waals surface area contributed by atoms with E-state index in [0.717, 1.165) is 89.9 Å². The molecule has 0 fully saturated rings. The second kappa shape index (κ2) is 77.2. The summed E-state index contributed by atoms with van der Waals surface area (Å²) in [7, 11) is -9.92. The standard InChI is InChI=1S/C83H162O17P2/c1-5-9-13-17-21-25-29-32-35-37-38-39-40-41-42-44-47-50-54-58-62-66-70-83(88)100-79(74-94-81(86)68-64-60-56-52-48-46-43-36-33-30-26-22-18-14-10-6-2)76-98-102(91,92)96-72-77(84)71-95-101(89,90)97-75-78(73-93-80(85)67-63-59-55-51-28-24-20-16-12-8-4)99-82(87)69-65-61-57-53-49-45-34-31-27-23-19-15-11-7-3/h77-79,84H,5-76H2,1-4H3,(H,89,90)(H,91,92)/t77-,78+,79+/m0/s1. The predicted molar refractivity (Wildman–Crippen MR) is 419 cm³/mol. The highest BCUT2D eigenvalue weighted by Gasteiger charge is 2.30. The predicted octanol–water partition coefficient (Wildman–Crippen LogP) is 25.4. The van der Waals surface area contributed by atoms with Crippen molar-refractivity contribution in [2.24, 2.45) is 0 Å². The minimum absolute atomic E-state index is 0.109. The molecule has 102 heavy (non-hydrogen) atoms. The maximum atomic E-state index is 13.1. The van der Waals surface area contributed by atoms with Crippen LogP contribution in [0.4, 0.5) is 0 Å². The van der Waals surface area contributed by atoms with E-state index in [4.69, 9.17) is 37.0 Å². The maximum Gasteiger partial charge on any atom is 0.472 e. The summed E-state index contributed by atoms with van der Waals surface area (Å²) in [5.74, 6) is -2.10. The summed E-state index contributed by atoms with van der Waals surface area (Å²) < 4.78 is 68.8. The van der Waals surface area contributed by atoms with Crippen LogP contribution in [0, 0.1) is 0 Å². The summed E-state index contributed by atoms with van der Waals surface area (Å²) in [6.45, 7) is 5.03. The lowest BCUT2D eigenvalue weighted by Crippen LogP contribution is -2.30. The third-order valence-corrected chi connectivity index (χ3v) is 21.5. The quantitative estimate of drug-likeness (QED) is 0.0222. The summed E-state index contributed by atoms with van der Waals surface area (Å²) in [5.41, 5.74) is 0. The lowest BCUT2D eigenvalue weighted by molar-refractivity contribution is -0.161. The van der Waals surface area contributed by atoms with Crippen LogP contribution in [0.1, 0.15) is 451 Å². The van der Waals surface area contributed by atoms with Crippen molar-refractivity contribution in [1.29, 1.82) is 0 Å². The zero-order valence-electron chi connectivity index (χ0n) is 66.6. The molecule has 0 aromatic heterocycles. The topological polar surface area (TPSA) is 237 Å². The molecule has 3 N–H and O–H groups in total. The van der Waals surface area contributed by atoms with Crippen LogP contribution in [0.3, 0.4) is 0 Å². The molecule has 2 unspecified atom stereocenters. The van der Waals surface area contributed by atoms with E-state index in [1.165, 1.54) is 283 Å². The molecule has 0 saturated heterocycles. The molecule has 606 valence electrons. The Balaban J connectivity index is 5.20. The van der Waals surface area contributed by atoms with Gasteiger partial charge in [0.1, 0.15) is 19.3 Å². The van der Waals surface area contributed by atoms with Crippen molar-refractivity contribution >= 4 is 39.5 Å². The van der Waals surface area contributed by atoms with E-state index in [9.17, 15) is 43.2 Å². The lowest BCUT2D eigenvalue weighted by atomic mass is 10.0. The Morgan fingerprint density at radius 3 is 0.578 bits per heavy atom. The van der Waals surface area contributed by atoms with Crippen molar-refractivity contribution < 1.29 is 80.2 Å². The number of carbonyl (C=O) groups is 4. The van der Waals surface area contributed by atoms with E-state index in [1.54, 1.807) is 0 Å². The van der Waals surface area contributed by atoms with E-state index in [-0.39, 0.29) is 25.7 Å². The van der Waals surface area contributed by atoms with Gasteiger partial charge in [0.05, 0.1) is 26.4 Å². The fourth-order valence-corrected chi connectivity index (χ4v) is 14.6. The Morgan fingerprint density at radius 2 is 0.392 bits per heavy atom. The van der Waals surface area contributed by atoms with Crippen LogP contribution in [0.2, 0.25) is 0 Å². The number of phosphoric acid groups is 2. The van der Waals surface area contributed by atoms with E-state index < -0.39 is 97.5 Å². The van der Waals surface area contributed by atoms with Crippen LogP contribution in [0.15, 0.2) is 0 Å². The summed E-state index contributed by atoms with van der Waals surface area (Å²) in [6.07, 6.45) is 70.8. The molecule has 0 aromatic carbocycles. The lowest BCUT2D eigenvalue weighted by Gasteiger charge is -2.21. The van der Waals surface area contributed by atoms with Crippen molar-refractivity contribution in [2.45, 2.75) is 470 Å². The third kappa shape index (κ3) is 76.3. The number of esters is 4. The number of aliphatic hydroxyl groups excluding tert-OH is 1. The van der Waals surface area contributed by atoms with E-state index in [1.807, 2.05) is 0 Å². The first kappa shape index (κ1) is 100. The van der Waals surface area contributed by atoms with Gasteiger partial charge in [-0.05, 0) is 25.7 Å². The molecule has 0 radical (unpaired) electrons. The van der Waals surface area contributed by atoms with Crippen molar-refractivity contribution in [3.8, 4) is 0 Å². The highest BCUT2D eigenvalue weighted by atomic mass is 31.2. The Labute approximate surface area is 626 Å². The van der Waals surface area contributed by atoms with Gasteiger partial charge in [-0.15, -0.1) is 0 Å². The first-order chi connectivity index (χ1) is 49.7. The Kier molecular flexibility index (Phi) is 75.8. The van der Waals surface area contributed by atoms with Gasteiger partial charge in [0.15, 0.2) is 12.2 Å². The van der Waals surface area contributed by atoms with E-state index >= 15 is 0 Å². The molecule has 17 nitrogen and oxygen atoms in total. The van der Waals surface area contributed by atoms with Crippen molar-refractivity contribution in [2.75, 3.05) is 39.6 Å². The van der Waals surface area contributed by atoms with Crippen molar-refractivity contribution in [3.63, 3.8) is 0 Å². The minimum atomic E-state index is -4.96. The monoisotopic (exact) mass is 1490 g/mol. The zero-order valence-corrected chi connectivity index (χ0v) is 68.4. The van der Waals surface area contributed by atoms with E-state index in [0.29, 0.717) is 25.7 Å². The molecule has 0 aliphatic heterocycles. The summed E-state index contributed by atoms with van der Waals surface area (Å²) in [6, 6.07) is 0. The summed E-state index contributed by atoms with van der Waals surface area (Å²) >= 11 is 0. The number of ether oxygens (including phenoxy) is 4.